The van der Waals surface area contributed by atoms with Gasteiger partial charge in [-0.3, -0.25) is 0 Å². The lowest BCUT2D eigenvalue weighted by Crippen LogP contribution is -2.12. The molecular weight excluding hydrogens is 369 g/mol. The van der Waals surface area contributed by atoms with Crippen molar-refractivity contribution in [3.8, 4) is 6.07 Å². The van der Waals surface area contributed by atoms with Crippen LogP contribution < -0.4 is 0 Å². The number of nitriles is 1. The highest BCUT2D eigenvalue weighted by Crippen LogP contribution is 2.40. The summed E-state index contributed by atoms with van der Waals surface area (Å²) in [5.74, 6) is 1.11. The molecule has 0 aliphatic heterocycles. The molecule has 1 nitrogen and oxygen atoms in total. The van der Waals surface area contributed by atoms with E-state index < -0.39 is 5.82 Å². The Morgan fingerprint density at radius 3 is 2.07 bits per heavy atom. The van der Waals surface area contributed by atoms with Crippen LogP contribution in [0.1, 0.15) is 78.2 Å². The molecule has 1 aliphatic carbocycles. The predicted molar refractivity (Wildman–Crippen MR) is 120 cm³/mol. The zero-order valence-corrected chi connectivity index (χ0v) is 17.5. The molecule has 0 N–H and O–H groups in total. The third-order valence-corrected chi connectivity index (χ3v) is 6.67. The zero-order chi connectivity index (χ0) is 20.9. The molecule has 0 saturated heterocycles. The number of nitrogens with zero attached hydrogens (tertiary/aromatic N) is 1. The van der Waals surface area contributed by atoms with Crippen LogP contribution in [0.3, 0.4) is 0 Å². The molecule has 4 rings (SSSR count). The second-order valence-electron chi connectivity index (χ2n) is 8.66. The predicted octanol–water partition coefficient (Wildman–Crippen LogP) is 7.48. The fourth-order valence-electron chi connectivity index (χ4n) is 4.81. The molecule has 0 spiro atoms. The highest BCUT2D eigenvalue weighted by atomic mass is 19.1. The molecular formula is C28H28FN. The van der Waals surface area contributed by atoms with Crippen molar-refractivity contribution < 1.29 is 4.39 Å². The van der Waals surface area contributed by atoms with E-state index in [1.807, 2.05) is 12.1 Å². The summed E-state index contributed by atoms with van der Waals surface area (Å²) >= 11 is 0. The first-order valence-electron chi connectivity index (χ1n) is 11.0. The number of rotatable bonds is 5. The van der Waals surface area contributed by atoms with Gasteiger partial charge in [0.25, 0.3) is 0 Å². The summed E-state index contributed by atoms with van der Waals surface area (Å²) in [5, 5.41) is 8.92. The molecule has 0 bridgehead atoms. The minimum atomic E-state index is -0.391. The minimum Gasteiger partial charge on any atom is -0.206 e. The van der Waals surface area contributed by atoms with Gasteiger partial charge in [0.1, 0.15) is 11.9 Å². The van der Waals surface area contributed by atoms with E-state index in [9.17, 15) is 4.39 Å². The second-order valence-corrected chi connectivity index (χ2v) is 8.66. The van der Waals surface area contributed by atoms with Crippen LogP contribution in [0, 0.1) is 17.1 Å². The fourth-order valence-corrected chi connectivity index (χ4v) is 4.81. The van der Waals surface area contributed by atoms with Crippen LogP contribution in [0.25, 0.3) is 0 Å². The van der Waals surface area contributed by atoms with Crippen molar-refractivity contribution in [3.63, 3.8) is 0 Å². The van der Waals surface area contributed by atoms with Gasteiger partial charge in [-0.25, -0.2) is 4.39 Å². The van der Waals surface area contributed by atoms with Gasteiger partial charge in [-0.2, -0.15) is 5.26 Å². The molecule has 3 aromatic carbocycles. The van der Waals surface area contributed by atoms with Gasteiger partial charge in [-0.05, 0) is 84.2 Å². The number of hydrogen-bond acceptors (Lipinski definition) is 1. The SMILES string of the molecule is C[C@@H](Cc1ccc(C2CCC(c3ccc(C#N)c(F)c3)CC2)cc1)c1ccccc1. The van der Waals surface area contributed by atoms with Gasteiger partial charge in [-0.15, -0.1) is 0 Å². The molecule has 0 heterocycles. The lowest BCUT2D eigenvalue weighted by Gasteiger charge is -2.29. The van der Waals surface area contributed by atoms with E-state index in [1.165, 1.54) is 16.7 Å². The Hall–Kier alpha value is -2.92. The summed E-state index contributed by atoms with van der Waals surface area (Å²) in [5.41, 5.74) is 5.37. The smallest absolute Gasteiger partial charge is 0.141 e. The standard InChI is InChI=1S/C28H28FN/c1-20(22-5-3-2-4-6-22)17-21-7-9-23(10-8-21)24-11-13-25(14-12-24)26-15-16-27(19-30)28(29)18-26/h2-10,15-16,18,20,24-25H,11-14,17H2,1H3/t20-,24?,25?/m0/s1. The van der Waals surface area contributed by atoms with Crippen LogP contribution >= 0.6 is 0 Å². The van der Waals surface area contributed by atoms with Crippen LogP contribution in [0.4, 0.5) is 4.39 Å². The van der Waals surface area contributed by atoms with Gasteiger partial charge in [0.05, 0.1) is 5.56 Å². The van der Waals surface area contributed by atoms with Crippen molar-refractivity contribution in [3.05, 3.63) is 106 Å². The molecule has 0 unspecified atom stereocenters. The third-order valence-electron chi connectivity index (χ3n) is 6.67. The topological polar surface area (TPSA) is 23.8 Å². The summed E-state index contributed by atoms with van der Waals surface area (Å²) in [4.78, 5) is 0. The molecule has 2 heteroatoms. The van der Waals surface area contributed by atoms with Crippen molar-refractivity contribution in [2.24, 2.45) is 0 Å². The average molecular weight is 398 g/mol. The average Bonchev–Trinajstić information content (AvgIpc) is 2.80. The first-order chi connectivity index (χ1) is 14.6. The van der Waals surface area contributed by atoms with Gasteiger partial charge in [-0.1, -0.05) is 67.6 Å². The Morgan fingerprint density at radius 2 is 1.47 bits per heavy atom. The van der Waals surface area contributed by atoms with Crippen molar-refractivity contribution in [2.45, 2.75) is 56.8 Å². The maximum atomic E-state index is 14.0. The van der Waals surface area contributed by atoms with E-state index in [0.29, 0.717) is 17.8 Å². The fraction of sp³-hybridized carbons (Fsp3) is 0.321. The summed E-state index contributed by atoms with van der Waals surface area (Å²) in [7, 11) is 0. The monoisotopic (exact) mass is 397 g/mol. The number of halogens is 1. The Morgan fingerprint density at radius 1 is 0.867 bits per heavy atom. The number of benzene rings is 3. The van der Waals surface area contributed by atoms with Gasteiger partial charge in [0, 0.05) is 0 Å². The first-order valence-corrected chi connectivity index (χ1v) is 11.0. The van der Waals surface area contributed by atoms with Crippen molar-refractivity contribution in [1.82, 2.24) is 0 Å². The lowest BCUT2D eigenvalue weighted by molar-refractivity contribution is 0.395. The molecule has 0 aromatic heterocycles. The largest absolute Gasteiger partial charge is 0.206 e. The van der Waals surface area contributed by atoms with Crippen LogP contribution in [-0.4, -0.2) is 0 Å². The minimum absolute atomic E-state index is 0.133. The summed E-state index contributed by atoms with van der Waals surface area (Å²) in [6, 6.07) is 26.9. The number of hydrogen-bond donors (Lipinski definition) is 0. The van der Waals surface area contributed by atoms with E-state index in [4.69, 9.17) is 5.26 Å². The van der Waals surface area contributed by atoms with Crippen LogP contribution in [0.15, 0.2) is 72.8 Å². The normalized spacial score (nSPS) is 19.8. The third kappa shape index (κ3) is 4.62. The molecule has 0 radical (unpaired) electrons. The first kappa shape index (κ1) is 20.4. The summed E-state index contributed by atoms with van der Waals surface area (Å²) in [6.07, 6.45) is 5.46. The zero-order valence-electron chi connectivity index (χ0n) is 17.5. The molecule has 3 aromatic rings. The highest BCUT2D eigenvalue weighted by Gasteiger charge is 2.24. The maximum Gasteiger partial charge on any atom is 0.141 e. The van der Waals surface area contributed by atoms with Gasteiger partial charge >= 0.3 is 0 Å². The van der Waals surface area contributed by atoms with E-state index >= 15 is 0 Å². The molecule has 0 amide bonds. The van der Waals surface area contributed by atoms with E-state index in [0.717, 1.165) is 37.7 Å². The second kappa shape index (κ2) is 9.26. The quantitative estimate of drug-likeness (QED) is 0.437. The summed E-state index contributed by atoms with van der Waals surface area (Å²) < 4.78 is 14.0. The van der Waals surface area contributed by atoms with Crippen molar-refractivity contribution >= 4 is 0 Å². The molecule has 1 atom stereocenters. The molecule has 1 aliphatic rings. The van der Waals surface area contributed by atoms with Crippen LogP contribution in [0.2, 0.25) is 0 Å². The lowest BCUT2D eigenvalue weighted by atomic mass is 9.76. The molecule has 152 valence electrons. The van der Waals surface area contributed by atoms with E-state index in [1.54, 1.807) is 12.1 Å². The molecule has 30 heavy (non-hydrogen) atoms. The Balaban J connectivity index is 1.35. The van der Waals surface area contributed by atoms with Gasteiger partial charge in [0.15, 0.2) is 0 Å². The molecule has 1 saturated carbocycles. The Kier molecular flexibility index (Phi) is 6.29. The van der Waals surface area contributed by atoms with Crippen molar-refractivity contribution in [2.75, 3.05) is 0 Å². The Labute approximate surface area is 179 Å². The van der Waals surface area contributed by atoms with E-state index in [-0.39, 0.29) is 5.56 Å². The van der Waals surface area contributed by atoms with Crippen molar-refractivity contribution in [1.29, 1.82) is 5.26 Å². The van der Waals surface area contributed by atoms with Gasteiger partial charge < -0.3 is 0 Å². The summed E-state index contributed by atoms with van der Waals surface area (Å²) in [6.45, 7) is 2.29. The van der Waals surface area contributed by atoms with Crippen LogP contribution in [0.5, 0.6) is 0 Å². The highest BCUT2D eigenvalue weighted by molar-refractivity contribution is 5.35. The molecule has 1 fully saturated rings. The Bertz CT molecular complexity index is 1010. The maximum absolute atomic E-state index is 14.0. The van der Waals surface area contributed by atoms with Gasteiger partial charge in [0.2, 0.25) is 0 Å². The van der Waals surface area contributed by atoms with Crippen LogP contribution in [-0.2, 0) is 6.42 Å². The van der Waals surface area contributed by atoms with E-state index in [2.05, 4.69) is 61.5 Å².